The third-order valence-corrected chi connectivity index (χ3v) is 5.53. The molecule has 1 fully saturated rings. The Morgan fingerprint density at radius 1 is 1.38 bits per heavy atom. The number of rotatable bonds is 4. The standard InChI is InChI=1S/C13H19N3O3S2/c1-3-15(4-2)12(17)10-9-20-11(14-10)13(18)16-5-7-21(19)8-6-16/h9H,3-8H2,1-2H3. The number of carbonyl (C=O) groups is 2. The molecule has 0 radical (unpaired) electrons. The van der Waals surface area contributed by atoms with Crippen molar-refractivity contribution in [2.24, 2.45) is 0 Å². The van der Waals surface area contributed by atoms with Crippen molar-refractivity contribution in [1.29, 1.82) is 0 Å². The van der Waals surface area contributed by atoms with Crippen LogP contribution in [0.3, 0.4) is 0 Å². The first kappa shape index (κ1) is 16.3. The molecule has 116 valence electrons. The van der Waals surface area contributed by atoms with Crippen molar-refractivity contribution in [3.8, 4) is 0 Å². The average molecular weight is 329 g/mol. The zero-order chi connectivity index (χ0) is 15.4. The van der Waals surface area contributed by atoms with E-state index < -0.39 is 11.2 Å². The molecule has 2 rings (SSSR count). The van der Waals surface area contributed by atoms with Gasteiger partial charge in [0.2, 0.25) is 0 Å². The molecule has 1 aromatic rings. The van der Waals surface area contributed by atoms with E-state index in [1.54, 1.807) is 15.2 Å². The van der Waals surface area contributed by atoms with Gasteiger partial charge in [-0.25, -0.2) is 4.98 Å². The van der Waals surface area contributed by atoms with Gasteiger partial charge in [0.05, 0.1) is 13.1 Å². The summed E-state index contributed by atoms with van der Waals surface area (Å²) >= 11 is 0.377. The summed E-state index contributed by atoms with van der Waals surface area (Å²) in [4.78, 5) is 32.0. The van der Waals surface area contributed by atoms with E-state index in [-0.39, 0.29) is 11.8 Å². The van der Waals surface area contributed by atoms with Crippen LogP contribution in [-0.4, -0.2) is 68.8 Å². The fraction of sp³-hybridized carbons (Fsp3) is 0.615. The van der Waals surface area contributed by atoms with Gasteiger partial charge in [0.1, 0.15) is 17.2 Å². The number of carbonyl (C=O) groups excluding carboxylic acids is 2. The van der Waals surface area contributed by atoms with E-state index in [0.717, 1.165) is 0 Å². The van der Waals surface area contributed by atoms with E-state index in [2.05, 4.69) is 4.98 Å². The van der Waals surface area contributed by atoms with E-state index in [9.17, 15) is 14.1 Å². The minimum atomic E-state index is -0.816. The summed E-state index contributed by atoms with van der Waals surface area (Å²) in [5.41, 5.74) is 0.327. The van der Waals surface area contributed by atoms with Crippen molar-refractivity contribution < 1.29 is 14.1 Å². The highest BCUT2D eigenvalue weighted by Gasteiger charge is 2.27. The van der Waals surface area contributed by atoms with Crippen LogP contribution in [-0.2, 0) is 11.2 Å². The summed E-state index contributed by atoms with van der Waals surface area (Å²) in [5.74, 6) is 0.718. The lowest BCUT2D eigenvalue weighted by atomic mass is 10.4. The second kappa shape index (κ2) is 7.24. The normalized spacial score (nSPS) is 16.0. The second-order valence-electron chi connectivity index (χ2n) is 4.66. The molecule has 1 aliphatic heterocycles. The van der Waals surface area contributed by atoms with Crippen molar-refractivity contribution in [1.82, 2.24) is 14.8 Å². The third kappa shape index (κ3) is 3.75. The van der Waals surface area contributed by atoms with Gasteiger partial charge in [0.25, 0.3) is 11.8 Å². The summed E-state index contributed by atoms with van der Waals surface area (Å²) < 4.78 is 11.3. The summed E-state index contributed by atoms with van der Waals surface area (Å²) in [6.07, 6.45) is 0. The molecule has 2 amide bonds. The number of aromatic nitrogens is 1. The van der Waals surface area contributed by atoms with Crippen LogP contribution in [0.25, 0.3) is 0 Å². The topological polar surface area (TPSA) is 76.6 Å². The Bertz CT molecular complexity index is 509. The Morgan fingerprint density at radius 2 is 2.00 bits per heavy atom. The van der Waals surface area contributed by atoms with Crippen LogP contribution in [0, 0.1) is 0 Å². The Hall–Kier alpha value is -1.12. The Kier molecular flexibility index (Phi) is 5.60. The molecule has 1 aromatic heterocycles. The second-order valence-corrected chi connectivity index (χ2v) is 7.21. The summed E-state index contributed by atoms with van der Waals surface area (Å²) in [6, 6.07) is 0. The maximum Gasteiger partial charge on any atom is 0.283 e. The summed E-state index contributed by atoms with van der Waals surface area (Å²) in [6.45, 7) is 6.04. The molecule has 0 atom stereocenters. The fourth-order valence-electron chi connectivity index (χ4n) is 2.12. The maximum absolute atomic E-state index is 12.3. The molecular formula is C13H19N3O3S2. The van der Waals surface area contributed by atoms with E-state index >= 15 is 0 Å². The molecule has 1 aliphatic rings. The van der Waals surface area contributed by atoms with Gasteiger partial charge in [-0.2, -0.15) is 0 Å². The highest BCUT2D eigenvalue weighted by molar-refractivity contribution is 7.91. The van der Waals surface area contributed by atoms with Gasteiger partial charge in [-0.1, -0.05) is 11.2 Å². The highest BCUT2D eigenvalue weighted by atomic mass is 32.2. The average Bonchev–Trinajstić information content (AvgIpc) is 2.98. The number of thiazole rings is 1. The van der Waals surface area contributed by atoms with Crippen molar-refractivity contribution in [3.63, 3.8) is 0 Å². The molecule has 0 saturated carbocycles. The van der Waals surface area contributed by atoms with Crippen LogP contribution in [0.2, 0.25) is 0 Å². The van der Waals surface area contributed by atoms with E-state index in [1.165, 1.54) is 11.3 Å². The van der Waals surface area contributed by atoms with E-state index in [4.69, 9.17) is 0 Å². The molecule has 6 nitrogen and oxygen atoms in total. The molecule has 8 heteroatoms. The quantitative estimate of drug-likeness (QED) is 0.767. The van der Waals surface area contributed by atoms with Gasteiger partial charge in [0, 0.05) is 18.5 Å². The van der Waals surface area contributed by atoms with Crippen LogP contribution in [0.1, 0.15) is 34.1 Å². The first-order valence-electron chi connectivity index (χ1n) is 6.95. The van der Waals surface area contributed by atoms with Crippen LogP contribution in [0.4, 0.5) is 0 Å². The lowest BCUT2D eigenvalue weighted by Gasteiger charge is -2.27. The predicted octanol–water partition coefficient (Wildman–Crippen LogP) is 0.830. The van der Waals surface area contributed by atoms with Gasteiger partial charge < -0.3 is 14.4 Å². The van der Waals surface area contributed by atoms with Gasteiger partial charge >= 0.3 is 0 Å². The molecule has 0 aromatic carbocycles. The van der Waals surface area contributed by atoms with Gasteiger partial charge in [-0.05, 0) is 13.8 Å². The molecule has 1 saturated heterocycles. The van der Waals surface area contributed by atoms with Crippen LogP contribution < -0.4 is 0 Å². The SMILES string of the molecule is CCN(CC)C(=O)c1csc(C(=O)N2CC[S+]([O-])CC2)n1. The minimum absolute atomic E-state index is 0.143. The molecule has 0 unspecified atom stereocenters. The monoisotopic (exact) mass is 329 g/mol. The van der Waals surface area contributed by atoms with Crippen LogP contribution in [0.5, 0.6) is 0 Å². The first-order chi connectivity index (χ1) is 10.1. The fourth-order valence-corrected chi connectivity index (χ4v) is 3.93. The van der Waals surface area contributed by atoms with E-state index in [1.807, 2.05) is 13.8 Å². The Morgan fingerprint density at radius 3 is 2.57 bits per heavy atom. The molecule has 21 heavy (non-hydrogen) atoms. The van der Waals surface area contributed by atoms with Gasteiger partial charge in [0.15, 0.2) is 5.01 Å². The van der Waals surface area contributed by atoms with Crippen LogP contribution in [0.15, 0.2) is 5.38 Å². The van der Waals surface area contributed by atoms with Crippen molar-refractivity contribution in [2.75, 3.05) is 37.7 Å². The number of amides is 2. The molecule has 0 N–H and O–H groups in total. The highest BCUT2D eigenvalue weighted by Crippen LogP contribution is 2.16. The minimum Gasteiger partial charge on any atom is -0.616 e. The van der Waals surface area contributed by atoms with Crippen molar-refractivity contribution in [2.45, 2.75) is 13.8 Å². The van der Waals surface area contributed by atoms with E-state index in [0.29, 0.717) is 48.4 Å². The molecule has 0 aliphatic carbocycles. The van der Waals surface area contributed by atoms with Crippen LogP contribution >= 0.6 is 11.3 Å². The largest absolute Gasteiger partial charge is 0.616 e. The lowest BCUT2D eigenvalue weighted by Crippen LogP contribution is -2.43. The zero-order valence-corrected chi connectivity index (χ0v) is 13.8. The Labute approximate surface area is 131 Å². The third-order valence-electron chi connectivity index (χ3n) is 3.42. The molecule has 2 heterocycles. The molecule has 0 spiro atoms. The first-order valence-corrected chi connectivity index (χ1v) is 9.32. The van der Waals surface area contributed by atoms with Crippen molar-refractivity contribution in [3.05, 3.63) is 16.1 Å². The smallest absolute Gasteiger partial charge is 0.283 e. The van der Waals surface area contributed by atoms with Crippen molar-refractivity contribution >= 4 is 34.3 Å². The van der Waals surface area contributed by atoms with Gasteiger partial charge in [-0.3, -0.25) is 9.59 Å². The predicted molar refractivity (Wildman–Crippen MR) is 83.1 cm³/mol. The maximum atomic E-state index is 12.3. The molecular weight excluding hydrogens is 310 g/mol. The number of hydrogen-bond donors (Lipinski definition) is 0. The summed E-state index contributed by atoms with van der Waals surface area (Å²) in [5, 5.41) is 1.97. The van der Waals surface area contributed by atoms with Gasteiger partial charge in [-0.15, -0.1) is 11.3 Å². The number of nitrogens with zero attached hydrogens (tertiary/aromatic N) is 3. The molecule has 0 bridgehead atoms. The number of hydrogen-bond acceptors (Lipinski definition) is 5. The summed E-state index contributed by atoms with van der Waals surface area (Å²) in [7, 11) is 0. The zero-order valence-electron chi connectivity index (χ0n) is 12.2. The Balaban J connectivity index is 2.05. The lowest BCUT2D eigenvalue weighted by molar-refractivity contribution is 0.0764.